The zero-order chi connectivity index (χ0) is 13.8. The van der Waals surface area contributed by atoms with Crippen LogP contribution in [0.15, 0.2) is 18.2 Å². The Bertz CT molecular complexity index is 552. The molecule has 0 bridgehead atoms. The van der Waals surface area contributed by atoms with Crippen molar-refractivity contribution >= 4 is 5.69 Å². The van der Waals surface area contributed by atoms with Crippen molar-refractivity contribution in [3.8, 4) is 11.4 Å². The van der Waals surface area contributed by atoms with E-state index >= 15 is 0 Å². The van der Waals surface area contributed by atoms with Crippen LogP contribution in [-0.2, 0) is 4.74 Å². The Morgan fingerprint density at radius 1 is 1.42 bits per heavy atom. The van der Waals surface area contributed by atoms with Crippen LogP contribution in [0.3, 0.4) is 0 Å². The van der Waals surface area contributed by atoms with Gasteiger partial charge >= 0.3 is 0 Å². The van der Waals surface area contributed by atoms with Gasteiger partial charge in [0.05, 0.1) is 6.04 Å². The highest BCUT2D eigenvalue weighted by molar-refractivity contribution is 5.72. The first kappa shape index (κ1) is 13.5. The fourth-order valence-corrected chi connectivity index (χ4v) is 1.94. The van der Waals surface area contributed by atoms with E-state index < -0.39 is 0 Å². The highest BCUT2D eigenvalue weighted by atomic mass is 16.5. The van der Waals surface area contributed by atoms with E-state index in [1.54, 1.807) is 11.8 Å². The standard InChI is InChI=1S/C13H19N5O/c1-9-4-5-12(14)11(8-9)13-15-16-17-18(13)10(2)6-7-19-3/h4-5,8,10H,6-7,14H2,1-3H3. The number of aryl methyl sites for hydroxylation is 1. The van der Waals surface area contributed by atoms with Gasteiger partial charge in [-0.2, -0.15) is 0 Å². The summed E-state index contributed by atoms with van der Waals surface area (Å²) in [5.74, 6) is 0.699. The molecular weight excluding hydrogens is 242 g/mol. The van der Waals surface area contributed by atoms with E-state index in [9.17, 15) is 0 Å². The van der Waals surface area contributed by atoms with Crippen molar-refractivity contribution in [1.29, 1.82) is 0 Å². The summed E-state index contributed by atoms with van der Waals surface area (Å²) in [5, 5.41) is 11.9. The van der Waals surface area contributed by atoms with Crippen LogP contribution in [0.5, 0.6) is 0 Å². The maximum atomic E-state index is 6.02. The second-order valence-corrected chi connectivity index (χ2v) is 4.67. The number of rotatable bonds is 5. The number of benzene rings is 1. The molecule has 0 saturated carbocycles. The van der Waals surface area contributed by atoms with Gasteiger partial charge < -0.3 is 10.5 Å². The van der Waals surface area contributed by atoms with Gasteiger partial charge in [-0.1, -0.05) is 11.6 Å². The van der Waals surface area contributed by atoms with Crippen LogP contribution in [0.1, 0.15) is 24.9 Å². The van der Waals surface area contributed by atoms with Gasteiger partial charge in [-0.05, 0) is 42.8 Å². The quantitative estimate of drug-likeness (QED) is 0.831. The predicted octanol–water partition coefficient (Wildman–Crippen LogP) is 1.83. The molecule has 2 aromatic rings. The normalized spacial score (nSPS) is 12.6. The molecule has 2 N–H and O–H groups in total. The van der Waals surface area contributed by atoms with Crippen molar-refractivity contribution in [2.75, 3.05) is 19.5 Å². The number of ether oxygens (including phenoxy) is 1. The fourth-order valence-electron chi connectivity index (χ4n) is 1.94. The molecule has 1 atom stereocenters. The van der Waals surface area contributed by atoms with Gasteiger partial charge in [0.1, 0.15) is 0 Å². The lowest BCUT2D eigenvalue weighted by atomic mass is 10.1. The topological polar surface area (TPSA) is 78.8 Å². The molecule has 0 amide bonds. The molecule has 1 unspecified atom stereocenters. The summed E-state index contributed by atoms with van der Waals surface area (Å²) in [6.45, 7) is 4.75. The molecule has 2 rings (SSSR count). The van der Waals surface area contributed by atoms with Crippen LogP contribution in [0, 0.1) is 6.92 Å². The smallest absolute Gasteiger partial charge is 0.184 e. The predicted molar refractivity (Wildman–Crippen MR) is 73.6 cm³/mol. The summed E-state index contributed by atoms with van der Waals surface area (Å²) in [6, 6.07) is 6.01. The zero-order valence-corrected chi connectivity index (χ0v) is 11.5. The SMILES string of the molecule is COCCC(C)n1nnnc1-c1cc(C)ccc1N. The molecule has 0 fully saturated rings. The number of nitrogens with zero attached hydrogens (tertiary/aromatic N) is 4. The number of aromatic nitrogens is 4. The Morgan fingerprint density at radius 2 is 2.21 bits per heavy atom. The fraction of sp³-hybridized carbons (Fsp3) is 0.462. The van der Waals surface area contributed by atoms with Crippen LogP contribution >= 0.6 is 0 Å². The minimum absolute atomic E-state index is 0.157. The third-order valence-electron chi connectivity index (χ3n) is 3.10. The largest absolute Gasteiger partial charge is 0.398 e. The summed E-state index contributed by atoms with van der Waals surface area (Å²) in [7, 11) is 1.69. The maximum absolute atomic E-state index is 6.02. The van der Waals surface area contributed by atoms with E-state index in [0.29, 0.717) is 18.1 Å². The molecule has 1 heterocycles. The van der Waals surface area contributed by atoms with Crippen LogP contribution < -0.4 is 5.73 Å². The van der Waals surface area contributed by atoms with E-state index in [0.717, 1.165) is 17.5 Å². The molecule has 0 aliphatic carbocycles. The molecule has 1 aromatic heterocycles. The van der Waals surface area contributed by atoms with Crippen molar-refractivity contribution in [2.45, 2.75) is 26.3 Å². The molecular formula is C13H19N5O. The van der Waals surface area contributed by atoms with Gasteiger partial charge in [-0.3, -0.25) is 0 Å². The van der Waals surface area contributed by atoms with Crippen LogP contribution in [0.2, 0.25) is 0 Å². The van der Waals surface area contributed by atoms with Crippen molar-refractivity contribution in [3.63, 3.8) is 0 Å². The number of hydrogen-bond donors (Lipinski definition) is 1. The summed E-state index contributed by atoms with van der Waals surface area (Å²) >= 11 is 0. The first-order valence-electron chi connectivity index (χ1n) is 6.26. The molecule has 0 aliphatic rings. The molecule has 0 radical (unpaired) electrons. The second kappa shape index (κ2) is 5.79. The Morgan fingerprint density at radius 3 is 2.95 bits per heavy atom. The average molecular weight is 261 g/mol. The maximum Gasteiger partial charge on any atom is 0.184 e. The third kappa shape index (κ3) is 2.90. The van der Waals surface area contributed by atoms with Gasteiger partial charge in [-0.25, -0.2) is 4.68 Å². The van der Waals surface area contributed by atoms with Gasteiger partial charge in [0.2, 0.25) is 0 Å². The summed E-state index contributed by atoms with van der Waals surface area (Å²) < 4.78 is 6.89. The Hall–Kier alpha value is -1.95. The van der Waals surface area contributed by atoms with E-state index in [2.05, 4.69) is 22.4 Å². The van der Waals surface area contributed by atoms with Crippen molar-refractivity contribution in [2.24, 2.45) is 0 Å². The van der Waals surface area contributed by atoms with E-state index in [1.807, 2.05) is 25.1 Å². The van der Waals surface area contributed by atoms with Gasteiger partial charge in [0.15, 0.2) is 5.82 Å². The first-order valence-corrected chi connectivity index (χ1v) is 6.26. The third-order valence-corrected chi connectivity index (χ3v) is 3.10. The monoisotopic (exact) mass is 261 g/mol. The Labute approximate surface area is 112 Å². The molecule has 102 valence electrons. The minimum atomic E-state index is 0.157. The average Bonchev–Trinajstić information content (AvgIpc) is 2.88. The van der Waals surface area contributed by atoms with E-state index in [4.69, 9.17) is 10.5 Å². The van der Waals surface area contributed by atoms with E-state index in [-0.39, 0.29) is 6.04 Å². The van der Waals surface area contributed by atoms with Crippen LogP contribution in [-0.4, -0.2) is 33.9 Å². The highest BCUT2D eigenvalue weighted by Gasteiger charge is 2.16. The van der Waals surface area contributed by atoms with Gasteiger partial charge in [0, 0.05) is 25.0 Å². The lowest BCUT2D eigenvalue weighted by molar-refractivity contribution is 0.178. The van der Waals surface area contributed by atoms with Gasteiger partial charge in [-0.15, -0.1) is 5.10 Å². The second-order valence-electron chi connectivity index (χ2n) is 4.67. The lowest BCUT2D eigenvalue weighted by Gasteiger charge is -2.14. The summed E-state index contributed by atoms with van der Waals surface area (Å²) in [6.07, 6.45) is 0.847. The summed E-state index contributed by atoms with van der Waals surface area (Å²) in [4.78, 5) is 0. The van der Waals surface area contributed by atoms with E-state index in [1.165, 1.54) is 0 Å². The number of nitrogens with two attached hydrogens (primary N) is 1. The Kier molecular flexibility index (Phi) is 4.11. The molecule has 0 aliphatic heterocycles. The van der Waals surface area contributed by atoms with Crippen LogP contribution in [0.4, 0.5) is 5.69 Å². The van der Waals surface area contributed by atoms with Crippen LogP contribution in [0.25, 0.3) is 11.4 Å². The van der Waals surface area contributed by atoms with Crippen molar-refractivity contribution in [3.05, 3.63) is 23.8 Å². The zero-order valence-electron chi connectivity index (χ0n) is 11.5. The highest BCUT2D eigenvalue weighted by Crippen LogP contribution is 2.26. The number of hydrogen-bond acceptors (Lipinski definition) is 5. The number of methoxy groups -OCH3 is 1. The molecule has 6 heteroatoms. The van der Waals surface area contributed by atoms with Crippen molar-refractivity contribution in [1.82, 2.24) is 20.2 Å². The number of anilines is 1. The number of tetrazole rings is 1. The molecule has 0 spiro atoms. The minimum Gasteiger partial charge on any atom is -0.398 e. The van der Waals surface area contributed by atoms with Gasteiger partial charge in [0.25, 0.3) is 0 Å². The molecule has 1 aromatic carbocycles. The van der Waals surface area contributed by atoms with Crippen molar-refractivity contribution < 1.29 is 4.74 Å². The summed E-state index contributed by atoms with van der Waals surface area (Å²) in [5.41, 5.74) is 8.70. The first-order chi connectivity index (χ1) is 9.13. The molecule has 6 nitrogen and oxygen atoms in total. The molecule has 19 heavy (non-hydrogen) atoms. The molecule has 0 saturated heterocycles. The Balaban J connectivity index is 2.35. The lowest BCUT2D eigenvalue weighted by Crippen LogP contribution is -2.12. The number of nitrogen functional groups attached to an aromatic ring is 1.